The van der Waals surface area contributed by atoms with Crippen molar-refractivity contribution in [3.8, 4) is 0 Å². The van der Waals surface area contributed by atoms with E-state index in [4.69, 9.17) is 5.11 Å². The smallest absolute Gasteiger partial charge is 0.326 e. The maximum absolute atomic E-state index is 12.0. The van der Waals surface area contributed by atoms with Gasteiger partial charge in [-0.2, -0.15) is 0 Å². The van der Waals surface area contributed by atoms with Crippen LogP contribution in [0.4, 0.5) is 4.79 Å². The molecule has 1 saturated heterocycles. The Morgan fingerprint density at radius 1 is 1.44 bits per heavy atom. The monoisotopic (exact) mass is 258 g/mol. The number of carbonyl (C=O) groups excluding carboxylic acids is 2. The summed E-state index contributed by atoms with van der Waals surface area (Å²) in [7, 11) is 2.83. The molecule has 0 aromatic carbocycles. The lowest BCUT2D eigenvalue weighted by Crippen LogP contribution is -2.47. The fraction of sp³-hybridized carbons (Fsp3) is 0.727. The molecule has 1 aliphatic rings. The molecule has 7 nitrogen and oxygen atoms in total. The van der Waals surface area contributed by atoms with Gasteiger partial charge in [0, 0.05) is 20.1 Å². The second-order valence-corrected chi connectivity index (χ2v) is 4.22. The molecule has 0 bridgehead atoms. The fourth-order valence-corrected chi connectivity index (χ4v) is 1.93. The largest absolute Gasteiger partial charge is 0.480 e. The van der Waals surface area contributed by atoms with Gasteiger partial charge in [-0.15, -0.1) is 0 Å². The number of esters is 1. The number of hydrogen-bond donors (Lipinski definition) is 1. The maximum Gasteiger partial charge on any atom is 0.326 e. The number of carbonyl (C=O) groups is 3. The van der Waals surface area contributed by atoms with Gasteiger partial charge in [0.25, 0.3) is 0 Å². The molecule has 1 heterocycles. The first-order valence-electron chi connectivity index (χ1n) is 5.78. The Bertz CT molecular complexity index is 344. The molecule has 1 atom stereocenters. The molecule has 102 valence electrons. The van der Waals surface area contributed by atoms with E-state index in [1.807, 2.05) is 0 Å². The first kappa shape index (κ1) is 14.3. The van der Waals surface area contributed by atoms with Crippen LogP contribution in [0.1, 0.15) is 19.3 Å². The van der Waals surface area contributed by atoms with Crippen molar-refractivity contribution in [2.75, 3.05) is 27.2 Å². The van der Waals surface area contributed by atoms with Crippen LogP contribution in [0.15, 0.2) is 0 Å². The van der Waals surface area contributed by atoms with Gasteiger partial charge in [-0.25, -0.2) is 9.59 Å². The van der Waals surface area contributed by atoms with Gasteiger partial charge in [-0.05, 0) is 12.8 Å². The average molecular weight is 258 g/mol. The fourth-order valence-electron chi connectivity index (χ4n) is 1.93. The Labute approximate surface area is 105 Å². The molecule has 0 radical (unpaired) electrons. The Morgan fingerprint density at radius 2 is 2.11 bits per heavy atom. The molecule has 0 aromatic rings. The number of amides is 2. The number of carboxylic acids is 1. The summed E-state index contributed by atoms with van der Waals surface area (Å²) in [5.41, 5.74) is 0. The van der Waals surface area contributed by atoms with Crippen molar-refractivity contribution >= 4 is 18.0 Å². The molecular formula is C11H18N2O5. The van der Waals surface area contributed by atoms with Crippen LogP contribution in [0.2, 0.25) is 0 Å². The highest BCUT2D eigenvalue weighted by Crippen LogP contribution is 2.18. The minimum absolute atomic E-state index is 0.102. The molecule has 7 heteroatoms. The SMILES string of the molecule is COC(=O)CCN(C)C(=O)N1CCC[C@H]1C(=O)O. The van der Waals surface area contributed by atoms with Crippen LogP contribution in [0.5, 0.6) is 0 Å². The van der Waals surface area contributed by atoms with Crippen molar-refractivity contribution < 1.29 is 24.2 Å². The normalized spacial score (nSPS) is 18.6. The van der Waals surface area contributed by atoms with Crippen LogP contribution in [0.3, 0.4) is 0 Å². The van der Waals surface area contributed by atoms with Gasteiger partial charge < -0.3 is 19.6 Å². The highest BCUT2D eigenvalue weighted by Gasteiger charge is 2.35. The standard InChI is InChI=1S/C11H18N2O5/c1-12(7-5-9(14)18-2)11(17)13-6-3-4-8(13)10(15)16/h8H,3-7H2,1-2H3,(H,15,16)/t8-/m0/s1. The van der Waals surface area contributed by atoms with Crippen LogP contribution in [-0.2, 0) is 14.3 Å². The molecule has 0 spiro atoms. The third-order valence-electron chi connectivity index (χ3n) is 2.99. The number of nitrogens with zero attached hydrogens (tertiary/aromatic N) is 2. The molecule has 0 saturated carbocycles. The number of hydrogen-bond acceptors (Lipinski definition) is 4. The lowest BCUT2D eigenvalue weighted by atomic mass is 10.2. The van der Waals surface area contributed by atoms with Gasteiger partial charge in [-0.1, -0.05) is 0 Å². The van der Waals surface area contributed by atoms with Crippen LogP contribution < -0.4 is 0 Å². The number of urea groups is 1. The predicted octanol–water partition coefficient (Wildman–Crippen LogP) is 0.150. The van der Waals surface area contributed by atoms with E-state index in [0.717, 1.165) is 0 Å². The van der Waals surface area contributed by atoms with Crippen molar-refractivity contribution in [2.24, 2.45) is 0 Å². The van der Waals surface area contributed by atoms with Crippen molar-refractivity contribution in [1.82, 2.24) is 9.80 Å². The van der Waals surface area contributed by atoms with Crippen LogP contribution in [0.25, 0.3) is 0 Å². The Balaban J connectivity index is 2.52. The molecular weight excluding hydrogens is 240 g/mol. The predicted molar refractivity (Wildman–Crippen MR) is 62.0 cm³/mol. The maximum atomic E-state index is 12.0. The first-order valence-corrected chi connectivity index (χ1v) is 5.78. The molecule has 1 fully saturated rings. The molecule has 18 heavy (non-hydrogen) atoms. The lowest BCUT2D eigenvalue weighted by Gasteiger charge is -2.27. The van der Waals surface area contributed by atoms with Crippen LogP contribution in [-0.4, -0.2) is 66.2 Å². The van der Waals surface area contributed by atoms with Crippen molar-refractivity contribution in [2.45, 2.75) is 25.3 Å². The van der Waals surface area contributed by atoms with Crippen LogP contribution >= 0.6 is 0 Å². The second-order valence-electron chi connectivity index (χ2n) is 4.22. The summed E-state index contributed by atoms with van der Waals surface area (Å²) in [5.74, 6) is -1.38. The van der Waals surface area contributed by atoms with Gasteiger partial charge in [0.15, 0.2) is 0 Å². The minimum Gasteiger partial charge on any atom is -0.480 e. The van der Waals surface area contributed by atoms with E-state index in [-0.39, 0.29) is 19.0 Å². The Kier molecular flexibility index (Phi) is 4.94. The summed E-state index contributed by atoms with van der Waals surface area (Å²) in [6.45, 7) is 0.659. The van der Waals surface area contributed by atoms with Gasteiger partial charge in [0.1, 0.15) is 6.04 Å². The van der Waals surface area contributed by atoms with E-state index in [1.54, 1.807) is 7.05 Å². The zero-order valence-electron chi connectivity index (χ0n) is 10.6. The number of methoxy groups -OCH3 is 1. The number of ether oxygens (including phenoxy) is 1. The Hall–Kier alpha value is -1.79. The average Bonchev–Trinajstić information content (AvgIpc) is 2.83. The zero-order valence-corrected chi connectivity index (χ0v) is 10.6. The zero-order chi connectivity index (χ0) is 13.7. The number of rotatable bonds is 4. The molecule has 1 N–H and O–H groups in total. The summed E-state index contributed by atoms with van der Waals surface area (Å²) in [6, 6.07) is -1.11. The van der Waals surface area contributed by atoms with E-state index in [9.17, 15) is 14.4 Å². The topological polar surface area (TPSA) is 87.2 Å². The van der Waals surface area contributed by atoms with Crippen molar-refractivity contribution in [1.29, 1.82) is 0 Å². The molecule has 1 rings (SSSR count). The summed E-state index contributed by atoms with van der Waals surface area (Å²) < 4.78 is 4.48. The highest BCUT2D eigenvalue weighted by molar-refractivity contribution is 5.83. The van der Waals surface area contributed by atoms with E-state index in [2.05, 4.69) is 4.74 Å². The third-order valence-corrected chi connectivity index (χ3v) is 2.99. The lowest BCUT2D eigenvalue weighted by molar-refractivity contribution is -0.142. The van der Waals surface area contributed by atoms with E-state index in [0.29, 0.717) is 19.4 Å². The van der Waals surface area contributed by atoms with E-state index in [1.165, 1.54) is 16.9 Å². The quantitative estimate of drug-likeness (QED) is 0.725. The summed E-state index contributed by atoms with van der Waals surface area (Å²) in [5, 5.41) is 8.98. The minimum atomic E-state index is -0.984. The van der Waals surface area contributed by atoms with Crippen molar-refractivity contribution in [3.63, 3.8) is 0 Å². The Morgan fingerprint density at radius 3 is 2.67 bits per heavy atom. The van der Waals surface area contributed by atoms with Crippen molar-refractivity contribution in [3.05, 3.63) is 0 Å². The number of aliphatic carboxylic acids is 1. The summed E-state index contributed by atoms with van der Waals surface area (Å²) in [4.78, 5) is 36.6. The van der Waals surface area contributed by atoms with Gasteiger partial charge >= 0.3 is 18.0 Å². The molecule has 1 aliphatic heterocycles. The molecule has 2 amide bonds. The van der Waals surface area contributed by atoms with Gasteiger partial charge in [0.05, 0.1) is 13.5 Å². The number of likely N-dealkylation sites (tertiary alicyclic amines) is 1. The molecule has 0 unspecified atom stereocenters. The van der Waals surface area contributed by atoms with Crippen LogP contribution in [0, 0.1) is 0 Å². The van der Waals surface area contributed by atoms with Gasteiger partial charge in [-0.3, -0.25) is 4.79 Å². The first-order chi connectivity index (χ1) is 8.47. The summed E-state index contributed by atoms with van der Waals surface area (Å²) >= 11 is 0. The van der Waals surface area contributed by atoms with E-state index < -0.39 is 18.0 Å². The van der Waals surface area contributed by atoms with E-state index >= 15 is 0 Å². The molecule has 0 aliphatic carbocycles. The summed E-state index contributed by atoms with van der Waals surface area (Å²) in [6.07, 6.45) is 1.27. The second kappa shape index (κ2) is 6.23. The highest BCUT2D eigenvalue weighted by atomic mass is 16.5. The number of carboxylic acid groups (broad SMARTS) is 1. The molecule has 0 aromatic heterocycles. The third kappa shape index (κ3) is 3.35. The van der Waals surface area contributed by atoms with Gasteiger partial charge in [0.2, 0.25) is 0 Å².